The summed E-state index contributed by atoms with van der Waals surface area (Å²) in [6.07, 6.45) is 0.423. The van der Waals surface area contributed by atoms with Crippen LogP contribution in [0.2, 0.25) is 10.0 Å². The lowest BCUT2D eigenvalue weighted by atomic mass is 10.0. The molecular weight excluding hydrogens is 560 g/mol. The number of rotatable bonds is 10. The van der Waals surface area contributed by atoms with Gasteiger partial charge in [-0.3, -0.25) is 4.79 Å². The van der Waals surface area contributed by atoms with Gasteiger partial charge in [-0.15, -0.1) is 0 Å². The van der Waals surface area contributed by atoms with E-state index in [1.807, 2.05) is 0 Å². The maximum Gasteiger partial charge on any atom is 0.254 e. The molecule has 3 atom stereocenters. The van der Waals surface area contributed by atoms with E-state index in [1.165, 1.54) is 36.4 Å². The van der Waals surface area contributed by atoms with Crippen molar-refractivity contribution in [3.8, 4) is 5.75 Å². The molecule has 0 fully saturated rings. The standard InChI is InChI=1S/C25H24Cl2NO7PS/c1-37(34,35)20-7-2-4-15(9-20)8-17(13-29)28-25(32)24-21(26)10-16(11-22(24)27)23(31)14-36(33)19-6-3-5-18(30)12-19/h2-7,9-13,17,23,30-31,33H,8,14H2,1H3,(H,28,32). The summed E-state index contributed by atoms with van der Waals surface area (Å²) in [7, 11) is -5.23. The number of phenols is 1. The molecule has 0 aliphatic carbocycles. The number of aromatic hydroxyl groups is 1. The quantitative estimate of drug-likeness (QED) is 0.212. The Morgan fingerprint density at radius 2 is 1.73 bits per heavy atom. The lowest BCUT2D eigenvalue weighted by Crippen LogP contribution is -2.38. The molecule has 4 N–H and O–H groups in total. The molecule has 1 amide bonds. The maximum atomic E-state index is 12.9. The smallest absolute Gasteiger partial charge is 0.254 e. The van der Waals surface area contributed by atoms with E-state index in [4.69, 9.17) is 23.2 Å². The molecule has 3 aromatic rings. The van der Waals surface area contributed by atoms with Crippen LogP contribution in [0.3, 0.4) is 0 Å². The van der Waals surface area contributed by atoms with Crippen molar-refractivity contribution in [2.75, 3.05) is 12.4 Å². The van der Waals surface area contributed by atoms with E-state index in [0.29, 0.717) is 17.2 Å². The summed E-state index contributed by atoms with van der Waals surface area (Å²) in [5, 5.41) is 23.1. The molecular formula is C25H24Cl2NO7PS. The molecule has 0 saturated heterocycles. The van der Waals surface area contributed by atoms with Gasteiger partial charge in [-0.1, -0.05) is 47.5 Å². The fourth-order valence-corrected chi connectivity index (χ4v) is 6.22. The molecule has 0 aromatic heterocycles. The highest BCUT2D eigenvalue weighted by Crippen LogP contribution is 2.37. The van der Waals surface area contributed by atoms with Crippen molar-refractivity contribution in [2.24, 2.45) is 0 Å². The third kappa shape index (κ3) is 7.74. The first kappa shape index (κ1) is 29.0. The Labute approximate surface area is 225 Å². The van der Waals surface area contributed by atoms with Crippen LogP contribution in [0.25, 0.3) is 0 Å². The Bertz CT molecular complexity index is 1390. The van der Waals surface area contributed by atoms with Crippen molar-refractivity contribution in [2.45, 2.75) is 23.5 Å². The largest absolute Gasteiger partial charge is 0.508 e. The summed E-state index contributed by atoms with van der Waals surface area (Å²) >= 11 is 12.6. The molecule has 0 aliphatic heterocycles. The maximum absolute atomic E-state index is 12.9. The van der Waals surface area contributed by atoms with Crippen LogP contribution in [0.4, 0.5) is 0 Å². The minimum absolute atomic E-state index is 0.00766. The normalized spacial score (nSPS) is 14.0. The molecule has 0 saturated carbocycles. The van der Waals surface area contributed by atoms with E-state index < -0.39 is 36.0 Å². The average Bonchev–Trinajstić information content (AvgIpc) is 2.82. The Morgan fingerprint density at radius 1 is 1.08 bits per heavy atom. The van der Waals surface area contributed by atoms with Gasteiger partial charge in [-0.05, 0) is 53.9 Å². The third-order valence-corrected chi connectivity index (χ3v) is 8.69. The van der Waals surface area contributed by atoms with Crippen molar-refractivity contribution in [1.29, 1.82) is 0 Å². The predicted molar refractivity (Wildman–Crippen MR) is 144 cm³/mol. The number of hydrogen-bond donors (Lipinski definition) is 4. The van der Waals surface area contributed by atoms with Gasteiger partial charge >= 0.3 is 0 Å². The van der Waals surface area contributed by atoms with Gasteiger partial charge in [0.2, 0.25) is 0 Å². The molecule has 0 bridgehead atoms. The highest BCUT2D eigenvalue weighted by molar-refractivity contribution is 7.90. The number of phenolic OH excluding ortho intramolecular Hbond substituents is 1. The van der Waals surface area contributed by atoms with Gasteiger partial charge in [-0.25, -0.2) is 8.42 Å². The number of amides is 1. The van der Waals surface area contributed by atoms with Gasteiger partial charge in [0.05, 0.1) is 40.8 Å². The van der Waals surface area contributed by atoms with Crippen molar-refractivity contribution in [3.05, 3.63) is 87.4 Å². The molecule has 37 heavy (non-hydrogen) atoms. The molecule has 196 valence electrons. The van der Waals surface area contributed by atoms with Crippen molar-refractivity contribution in [1.82, 2.24) is 5.32 Å². The van der Waals surface area contributed by atoms with Crippen molar-refractivity contribution < 1.29 is 33.1 Å². The average molecular weight is 584 g/mol. The molecule has 0 spiro atoms. The number of aliphatic hydroxyl groups excluding tert-OH is 1. The van der Waals surface area contributed by atoms with E-state index in [9.17, 15) is 33.1 Å². The highest BCUT2D eigenvalue weighted by atomic mass is 35.5. The Morgan fingerprint density at radius 3 is 2.32 bits per heavy atom. The van der Waals surface area contributed by atoms with Gasteiger partial charge in [0.1, 0.15) is 12.0 Å². The monoisotopic (exact) mass is 583 g/mol. The first-order valence-corrected chi connectivity index (χ1v) is 15.0. The fourth-order valence-electron chi connectivity index (χ4n) is 3.56. The number of carbonyl (C=O) groups is 2. The first-order valence-electron chi connectivity index (χ1n) is 10.9. The van der Waals surface area contributed by atoms with Crippen LogP contribution in [0.1, 0.15) is 27.6 Å². The van der Waals surface area contributed by atoms with Crippen LogP contribution in [0.5, 0.6) is 5.75 Å². The minimum atomic E-state index is -3.44. The molecule has 3 aromatic carbocycles. The van der Waals surface area contributed by atoms with Gasteiger partial charge in [0, 0.05) is 17.7 Å². The second kappa shape index (κ2) is 12.3. The Hall–Kier alpha value is -2.52. The number of aliphatic hydroxyl groups is 1. The van der Waals surface area contributed by atoms with Crippen LogP contribution in [-0.2, 0) is 21.1 Å². The molecule has 0 radical (unpaired) electrons. The third-order valence-electron chi connectivity index (χ3n) is 5.41. The van der Waals surface area contributed by atoms with Crippen LogP contribution in [0, 0.1) is 0 Å². The predicted octanol–water partition coefficient (Wildman–Crippen LogP) is 3.39. The molecule has 0 aliphatic rings. The summed E-state index contributed by atoms with van der Waals surface area (Å²) in [4.78, 5) is 35.1. The van der Waals surface area contributed by atoms with Crippen LogP contribution < -0.4 is 10.6 Å². The number of sulfone groups is 1. The number of nitrogens with one attached hydrogen (secondary N) is 1. The molecule has 3 unspecified atom stereocenters. The Kier molecular flexibility index (Phi) is 9.69. The van der Waals surface area contributed by atoms with E-state index in [0.717, 1.165) is 6.26 Å². The number of halogens is 2. The second-order valence-corrected chi connectivity index (χ2v) is 12.8. The summed E-state index contributed by atoms with van der Waals surface area (Å²) in [5.74, 6) is -0.733. The Balaban J connectivity index is 1.73. The summed E-state index contributed by atoms with van der Waals surface area (Å²) < 4.78 is 23.6. The van der Waals surface area contributed by atoms with Crippen LogP contribution in [-0.4, -0.2) is 54.2 Å². The van der Waals surface area contributed by atoms with Crippen molar-refractivity contribution in [3.63, 3.8) is 0 Å². The fraction of sp³-hybridized carbons (Fsp3) is 0.200. The van der Waals surface area contributed by atoms with Crippen molar-refractivity contribution >= 4 is 58.7 Å². The van der Waals surface area contributed by atoms with E-state index >= 15 is 0 Å². The summed E-state index contributed by atoms with van der Waals surface area (Å²) in [6, 6.07) is 13.9. The van der Waals surface area contributed by atoms with Crippen LogP contribution >= 0.6 is 31.4 Å². The second-order valence-electron chi connectivity index (χ2n) is 8.32. The van der Waals surface area contributed by atoms with E-state index in [-0.39, 0.29) is 44.4 Å². The number of carbonyl (C=O) groups excluding carboxylic acids is 2. The SMILES string of the molecule is CS(=O)(=O)c1cccc(CC(C=O)NC(=O)c2c(Cl)cc(C(O)CP(O)c3cccc(O)c3)cc2Cl)c1. The number of benzene rings is 3. The summed E-state index contributed by atoms with van der Waals surface area (Å²) in [6.45, 7) is 0. The van der Waals surface area contributed by atoms with E-state index in [2.05, 4.69) is 5.32 Å². The molecule has 3 rings (SSSR count). The zero-order valence-corrected chi connectivity index (χ0v) is 22.7. The van der Waals surface area contributed by atoms with Crippen LogP contribution in [0.15, 0.2) is 65.6 Å². The molecule has 8 nitrogen and oxygen atoms in total. The number of hydrogen-bond acceptors (Lipinski definition) is 7. The first-order chi connectivity index (χ1) is 17.4. The van der Waals surface area contributed by atoms with Gasteiger partial charge < -0.3 is 25.2 Å². The topological polar surface area (TPSA) is 141 Å². The van der Waals surface area contributed by atoms with Gasteiger partial charge in [0.15, 0.2) is 9.84 Å². The highest BCUT2D eigenvalue weighted by Gasteiger charge is 2.23. The lowest BCUT2D eigenvalue weighted by Gasteiger charge is -2.19. The lowest BCUT2D eigenvalue weighted by molar-refractivity contribution is -0.109. The summed E-state index contributed by atoms with van der Waals surface area (Å²) in [5.41, 5.74) is 0.705. The zero-order chi connectivity index (χ0) is 27.3. The van der Waals surface area contributed by atoms with Gasteiger partial charge in [0.25, 0.3) is 5.91 Å². The minimum Gasteiger partial charge on any atom is -0.508 e. The zero-order valence-electron chi connectivity index (χ0n) is 19.5. The number of aldehydes is 1. The van der Waals surface area contributed by atoms with Gasteiger partial charge in [-0.2, -0.15) is 0 Å². The molecule has 12 heteroatoms. The van der Waals surface area contributed by atoms with E-state index in [1.54, 1.807) is 24.3 Å². The molecule has 0 heterocycles.